The highest BCUT2D eigenvalue weighted by Gasteiger charge is 2.29. The predicted molar refractivity (Wildman–Crippen MR) is 112 cm³/mol. The number of benzene rings is 2. The molecule has 1 fully saturated rings. The number of nitrogens with one attached hydrogen (secondary N) is 2. The highest BCUT2D eigenvalue weighted by Crippen LogP contribution is 2.20. The second kappa shape index (κ2) is 8.94. The number of likely N-dealkylation sites (N-methyl/N-ethyl adjacent to an activating group) is 1. The zero-order valence-electron chi connectivity index (χ0n) is 17.1. The fourth-order valence-electron chi connectivity index (χ4n) is 3.27. The van der Waals surface area contributed by atoms with E-state index >= 15 is 0 Å². The summed E-state index contributed by atoms with van der Waals surface area (Å²) < 4.78 is 32.6. The van der Waals surface area contributed by atoms with Crippen molar-refractivity contribution < 1.29 is 22.8 Å². The fourth-order valence-corrected chi connectivity index (χ4v) is 4.71. The molecule has 2 aromatic rings. The molecule has 0 radical (unpaired) electrons. The van der Waals surface area contributed by atoms with Gasteiger partial charge in [-0.25, -0.2) is 8.42 Å². The smallest absolute Gasteiger partial charge is 0.262 e. The lowest BCUT2D eigenvalue weighted by molar-refractivity contribution is -0.883. The maximum Gasteiger partial charge on any atom is 0.262 e. The van der Waals surface area contributed by atoms with Gasteiger partial charge in [-0.05, 0) is 49.7 Å². The van der Waals surface area contributed by atoms with E-state index in [4.69, 9.17) is 4.74 Å². The van der Waals surface area contributed by atoms with Crippen LogP contribution in [0.4, 0.5) is 5.69 Å². The van der Waals surface area contributed by atoms with Gasteiger partial charge >= 0.3 is 0 Å². The number of sulfonamides is 1. The number of rotatable bonds is 6. The monoisotopic (exact) mass is 418 g/mol. The van der Waals surface area contributed by atoms with Crippen molar-refractivity contribution in [1.29, 1.82) is 0 Å². The first kappa shape index (κ1) is 21.3. The van der Waals surface area contributed by atoms with Gasteiger partial charge in [-0.1, -0.05) is 17.7 Å². The van der Waals surface area contributed by atoms with Crippen LogP contribution in [0.3, 0.4) is 0 Å². The molecule has 0 unspecified atom stereocenters. The molecular formula is C21H28N3O4S+. The van der Waals surface area contributed by atoms with E-state index in [0.717, 1.165) is 24.2 Å². The summed E-state index contributed by atoms with van der Waals surface area (Å²) >= 11 is 0. The molecule has 7 nitrogen and oxygen atoms in total. The van der Waals surface area contributed by atoms with Crippen LogP contribution in [0.15, 0.2) is 47.4 Å². The number of piperazine rings is 1. The number of carbonyl (C=O) groups is 1. The molecule has 1 amide bonds. The van der Waals surface area contributed by atoms with Crippen molar-refractivity contribution >= 4 is 21.6 Å². The highest BCUT2D eigenvalue weighted by atomic mass is 32.2. The summed E-state index contributed by atoms with van der Waals surface area (Å²) in [5.74, 6) is 0.365. The summed E-state index contributed by atoms with van der Waals surface area (Å²) in [6, 6.07) is 12.0. The van der Waals surface area contributed by atoms with Crippen molar-refractivity contribution in [2.45, 2.75) is 18.7 Å². The summed E-state index contributed by atoms with van der Waals surface area (Å²) in [4.78, 5) is 13.7. The minimum atomic E-state index is -3.50. The van der Waals surface area contributed by atoms with Crippen molar-refractivity contribution in [3.05, 3.63) is 53.6 Å². The predicted octanol–water partition coefficient (Wildman–Crippen LogP) is 0.840. The van der Waals surface area contributed by atoms with Crippen LogP contribution in [0.1, 0.15) is 11.1 Å². The molecule has 3 rings (SSSR count). The molecule has 0 saturated carbocycles. The van der Waals surface area contributed by atoms with Crippen LogP contribution < -0.4 is 15.0 Å². The Bertz CT molecular complexity index is 966. The SMILES string of the molecule is Cc1ccc(OCC(=O)Nc2ccc(S(=O)(=O)N3CC[NH+](C)CC3)cc2)c(C)c1. The van der Waals surface area contributed by atoms with Crippen LogP contribution in [0.25, 0.3) is 0 Å². The molecule has 1 aliphatic heterocycles. The Labute approximate surface area is 172 Å². The van der Waals surface area contributed by atoms with Gasteiger partial charge in [0, 0.05) is 5.69 Å². The summed E-state index contributed by atoms with van der Waals surface area (Å²) in [5, 5.41) is 2.73. The van der Waals surface area contributed by atoms with Crippen LogP contribution in [-0.2, 0) is 14.8 Å². The summed E-state index contributed by atoms with van der Waals surface area (Å²) in [6.45, 7) is 6.44. The van der Waals surface area contributed by atoms with Crippen molar-refractivity contribution in [3.8, 4) is 5.75 Å². The van der Waals surface area contributed by atoms with E-state index in [1.54, 1.807) is 12.1 Å². The average molecular weight is 419 g/mol. The van der Waals surface area contributed by atoms with Crippen LogP contribution in [-0.4, -0.2) is 58.5 Å². The Morgan fingerprint density at radius 1 is 1.10 bits per heavy atom. The minimum absolute atomic E-state index is 0.117. The maximum atomic E-state index is 12.8. The Balaban J connectivity index is 1.57. The lowest BCUT2D eigenvalue weighted by Gasteiger charge is -2.29. The number of nitrogens with zero attached hydrogens (tertiary/aromatic N) is 1. The molecule has 1 saturated heterocycles. The van der Waals surface area contributed by atoms with Gasteiger partial charge in [-0.2, -0.15) is 4.31 Å². The first-order valence-electron chi connectivity index (χ1n) is 9.67. The van der Waals surface area contributed by atoms with Gasteiger partial charge in [0.2, 0.25) is 10.0 Å². The Morgan fingerprint density at radius 3 is 2.38 bits per heavy atom. The summed E-state index contributed by atoms with van der Waals surface area (Å²) in [5.41, 5.74) is 2.63. The highest BCUT2D eigenvalue weighted by molar-refractivity contribution is 7.89. The molecule has 0 spiro atoms. The fraction of sp³-hybridized carbons (Fsp3) is 0.381. The van der Waals surface area contributed by atoms with Gasteiger partial charge in [0.05, 0.1) is 38.1 Å². The number of quaternary nitrogens is 1. The van der Waals surface area contributed by atoms with E-state index in [-0.39, 0.29) is 17.4 Å². The molecule has 2 aromatic carbocycles. The third kappa shape index (κ3) is 5.35. The number of hydrogen-bond acceptors (Lipinski definition) is 4. The first-order chi connectivity index (χ1) is 13.8. The largest absolute Gasteiger partial charge is 0.483 e. The quantitative estimate of drug-likeness (QED) is 0.729. The number of ether oxygens (including phenoxy) is 1. The van der Waals surface area contributed by atoms with E-state index in [2.05, 4.69) is 12.4 Å². The molecule has 0 atom stereocenters. The summed E-state index contributed by atoms with van der Waals surface area (Å²) in [7, 11) is -1.44. The first-order valence-corrected chi connectivity index (χ1v) is 11.1. The van der Waals surface area contributed by atoms with Crippen molar-refractivity contribution in [3.63, 3.8) is 0 Å². The van der Waals surface area contributed by atoms with E-state index in [1.165, 1.54) is 21.3 Å². The molecule has 156 valence electrons. The lowest BCUT2D eigenvalue weighted by Crippen LogP contribution is -3.12. The number of anilines is 1. The van der Waals surface area contributed by atoms with Crippen molar-refractivity contribution in [1.82, 2.24) is 4.31 Å². The number of carbonyl (C=O) groups excluding carboxylic acids is 1. The number of hydrogen-bond donors (Lipinski definition) is 2. The van der Waals surface area contributed by atoms with Gasteiger partial charge in [0.1, 0.15) is 5.75 Å². The summed E-state index contributed by atoms with van der Waals surface area (Å²) in [6.07, 6.45) is 0. The molecule has 0 bridgehead atoms. The van der Waals surface area contributed by atoms with E-state index in [1.807, 2.05) is 32.0 Å². The third-order valence-corrected chi connectivity index (χ3v) is 6.95. The molecule has 29 heavy (non-hydrogen) atoms. The van der Waals surface area contributed by atoms with Gasteiger partial charge in [-0.15, -0.1) is 0 Å². The Hall–Kier alpha value is -2.42. The number of aryl methyl sites for hydroxylation is 2. The molecule has 2 N–H and O–H groups in total. The maximum absolute atomic E-state index is 12.8. The number of amides is 1. The van der Waals surface area contributed by atoms with Gasteiger partial charge in [-0.3, -0.25) is 4.79 Å². The minimum Gasteiger partial charge on any atom is -0.483 e. The molecule has 0 aliphatic carbocycles. The van der Waals surface area contributed by atoms with Crippen molar-refractivity contribution in [2.75, 3.05) is 45.2 Å². The average Bonchev–Trinajstić information content (AvgIpc) is 2.68. The van der Waals surface area contributed by atoms with Gasteiger partial charge in [0.15, 0.2) is 6.61 Å². The van der Waals surface area contributed by atoms with E-state index in [9.17, 15) is 13.2 Å². The molecule has 0 aromatic heterocycles. The molecule has 8 heteroatoms. The molecular weight excluding hydrogens is 390 g/mol. The van der Waals surface area contributed by atoms with Crippen LogP contribution in [0.2, 0.25) is 0 Å². The second-order valence-electron chi connectivity index (χ2n) is 7.49. The van der Waals surface area contributed by atoms with E-state index < -0.39 is 10.0 Å². The van der Waals surface area contributed by atoms with Gasteiger partial charge in [0.25, 0.3) is 5.91 Å². The van der Waals surface area contributed by atoms with Crippen LogP contribution >= 0.6 is 0 Å². The van der Waals surface area contributed by atoms with Gasteiger partial charge < -0.3 is 15.0 Å². The van der Waals surface area contributed by atoms with E-state index in [0.29, 0.717) is 24.5 Å². The third-order valence-electron chi connectivity index (χ3n) is 5.04. The second-order valence-corrected chi connectivity index (χ2v) is 9.43. The van der Waals surface area contributed by atoms with Crippen molar-refractivity contribution in [2.24, 2.45) is 0 Å². The normalized spacial score (nSPS) is 15.8. The zero-order chi connectivity index (χ0) is 21.0. The molecule has 1 aliphatic rings. The Kier molecular flexibility index (Phi) is 6.56. The van der Waals surface area contributed by atoms with Crippen LogP contribution in [0, 0.1) is 13.8 Å². The lowest BCUT2D eigenvalue weighted by atomic mass is 10.1. The van der Waals surface area contributed by atoms with Crippen LogP contribution in [0.5, 0.6) is 5.75 Å². The Morgan fingerprint density at radius 2 is 1.76 bits per heavy atom. The standard InChI is InChI=1S/C21H27N3O4S/c1-16-4-9-20(17(2)14-16)28-15-21(25)22-18-5-7-19(8-6-18)29(26,27)24-12-10-23(3)11-13-24/h4-9,14H,10-13,15H2,1-3H3,(H,22,25)/p+1. The zero-order valence-corrected chi connectivity index (χ0v) is 17.9. The topological polar surface area (TPSA) is 80.1 Å². The molecule has 1 heterocycles.